The third-order valence-electron chi connectivity index (χ3n) is 5.60. The molecular formula is C22H30N3O3S+. The molecule has 1 saturated heterocycles. The van der Waals surface area contributed by atoms with Gasteiger partial charge in [-0.1, -0.05) is 44.2 Å². The van der Waals surface area contributed by atoms with Crippen molar-refractivity contribution in [2.45, 2.75) is 37.6 Å². The van der Waals surface area contributed by atoms with E-state index in [9.17, 15) is 13.2 Å². The zero-order valence-corrected chi connectivity index (χ0v) is 18.1. The largest absolute Gasteiger partial charge is 0.323 e. The Kier molecular flexibility index (Phi) is 6.72. The molecule has 1 atom stereocenters. The van der Waals surface area contributed by atoms with Crippen LogP contribution in [-0.4, -0.2) is 50.9 Å². The molecule has 0 spiro atoms. The van der Waals surface area contributed by atoms with Crippen molar-refractivity contribution < 1.29 is 18.1 Å². The van der Waals surface area contributed by atoms with Gasteiger partial charge in [0.15, 0.2) is 6.04 Å². The Balaban J connectivity index is 1.56. The zero-order chi connectivity index (χ0) is 21.0. The van der Waals surface area contributed by atoms with Crippen LogP contribution in [0.4, 0.5) is 5.69 Å². The Morgan fingerprint density at radius 1 is 0.966 bits per heavy atom. The molecule has 156 valence electrons. The molecule has 1 heterocycles. The van der Waals surface area contributed by atoms with Gasteiger partial charge >= 0.3 is 0 Å². The minimum atomic E-state index is -3.47. The summed E-state index contributed by atoms with van der Waals surface area (Å²) in [4.78, 5) is 14.1. The SMILES string of the molecule is CC(C)c1ccc(NC(=O)[C@H](C)[NH+]2CCN(S(=O)(=O)c3ccccc3)CC2)cc1. The van der Waals surface area contributed by atoms with Gasteiger partial charge in [0.05, 0.1) is 31.1 Å². The van der Waals surface area contributed by atoms with E-state index in [0.717, 1.165) is 10.6 Å². The molecule has 2 N–H and O–H groups in total. The fourth-order valence-electron chi connectivity index (χ4n) is 3.58. The molecule has 7 heteroatoms. The Hall–Kier alpha value is -2.22. The predicted octanol–water partition coefficient (Wildman–Crippen LogP) is 1.73. The van der Waals surface area contributed by atoms with Crippen LogP contribution in [0.1, 0.15) is 32.3 Å². The van der Waals surface area contributed by atoms with E-state index in [2.05, 4.69) is 19.2 Å². The van der Waals surface area contributed by atoms with Gasteiger partial charge in [0, 0.05) is 5.69 Å². The van der Waals surface area contributed by atoms with Crippen molar-refractivity contribution in [2.24, 2.45) is 0 Å². The summed E-state index contributed by atoms with van der Waals surface area (Å²) < 4.78 is 27.0. The van der Waals surface area contributed by atoms with Crippen molar-refractivity contribution in [3.63, 3.8) is 0 Å². The summed E-state index contributed by atoms with van der Waals surface area (Å²) in [6.07, 6.45) is 0. The number of rotatable bonds is 6. The number of sulfonamides is 1. The van der Waals surface area contributed by atoms with Gasteiger partial charge in [-0.05, 0) is 42.7 Å². The molecule has 0 bridgehead atoms. The van der Waals surface area contributed by atoms with E-state index >= 15 is 0 Å². The molecule has 0 saturated carbocycles. The first-order valence-corrected chi connectivity index (χ1v) is 11.5. The summed E-state index contributed by atoms with van der Waals surface area (Å²) in [6, 6.07) is 16.2. The van der Waals surface area contributed by atoms with Crippen LogP contribution in [0.3, 0.4) is 0 Å². The number of anilines is 1. The van der Waals surface area contributed by atoms with Crippen molar-refractivity contribution in [3.8, 4) is 0 Å². The lowest BCUT2D eigenvalue weighted by Crippen LogP contribution is -3.19. The molecule has 1 fully saturated rings. The Labute approximate surface area is 173 Å². The first kappa shape index (κ1) is 21.5. The van der Waals surface area contributed by atoms with E-state index in [1.54, 1.807) is 30.3 Å². The second-order valence-corrected chi connectivity index (χ2v) is 9.80. The Bertz CT molecular complexity index is 920. The molecular weight excluding hydrogens is 386 g/mol. The van der Waals surface area contributed by atoms with Gasteiger partial charge in [0.2, 0.25) is 10.0 Å². The lowest BCUT2D eigenvalue weighted by molar-refractivity contribution is -0.917. The number of hydrogen-bond donors (Lipinski definition) is 2. The third-order valence-corrected chi connectivity index (χ3v) is 7.51. The maximum Gasteiger partial charge on any atom is 0.282 e. The van der Waals surface area contributed by atoms with Crippen molar-refractivity contribution in [2.75, 3.05) is 31.5 Å². The number of quaternary nitrogens is 1. The molecule has 2 aromatic carbocycles. The van der Waals surface area contributed by atoms with Gasteiger partial charge in [-0.15, -0.1) is 0 Å². The van der Waals surface area contributed by atoms with Gasteiger partial charge in [-0.25, -0.2) is 8.42 Å². The normalized spacial score (nSPS) is 17.2. The highest BCUT2D eigenvalue weighted by Crippen LogP contribution is 2.17. The Morgan fingerprint density at radius 2 is 1.55 bits per heavy atom. The number of nitrogens with one attached hydrogen (secondary N) is 2. The smallest absolute Gasteiger partial charge is 0.282 e. The summed E-state index contributed by atoms with van der Waals surface area (Å²) >= 11 is 0. The van der Waals surface area contributed by atoms with Gasteiger partial charge in [-0.2, -0.15) is 4.31 Å². The summed E-state index contributed by atoms with van der Waals surface area (Å²) in [5, 5.41) is 2.98. The summed E-state index contributed by atoms with van der Waals surface area (Å²) in [5.41, 5.74) is 2.02. The summed E-state index contributed by atoms with van der Waals surface area (Å²) in [7, 11) is -3.47. The lowest BCUT2D eigenvalue weighted by atomic mass is 10.0. The highest BCUT2D eigenvalue weighted by molar-refractivity contribution is 7.89. The average molecular weight is 417 g/mol. The van der Waals surface area contributed by atoms with Crippen LogP contribution in [0.25, 0.3) is 0 Å². The van der Waals surface area contributed by atoms with E-state index in [1.165, 1.54) is 9.87 Å². The molecule has 0 aliphatic carbocycles. The molecule has 0 unspecified atom stereocenters. The quantitative estimate of drug-likeness (QED) is 0.753. The van der Waals surface area contributed by atoms with Gasteiger partial charge in [-0.3, -0.25) is 4.79 Å². The third kappa shape index (κ3) is 5.04. The zero-order valence-electron chi connectivity index (χ0n) is 17.3. The van der Waals surface area contributed by atoms with E-state index in [1.807, 2.05) is 31.2 Å². The highest BCUT2D eigenvalue weighted by atomic mass is 32.2. The monoisotopic (exact) mass is 416 g/mol. The summed E-state index contributed by atoms with van der Waals surface area (Å²) in [6.45, 7) is 8.20. The van der Waals surface area contributed by atoms with Crippen molar-refractivity contribution >= 4 is 21.6 Å². The average Bonchev–Trinajstić information content (AvgIpc) is 2.74. The van der Waals surface area contributed by atoms with Crippen molar-refractivity contribution in [1.29, 1.82) is 0 Å². The number of nitrogens with zero attached hydrogens (tertiary/aromatic N) is 1. The van der Waals surface area contributed by atoms with E-state index in [-0.39, 0.29) is 11.9 Å². The topological polar surface area (TPSA) is 70.9 Å². The van der Waals surface area contributed by atoms with Gasteiger partial charge in [0.1, 0.15) is 0 Å². The second kappa shape index (κ2) is 9.07. The number of amides is 1. The molecule has 29 heavy (non-hydrogen) atoms. The molecule has 2 aromatic rings. The maximum atomic E-state index is 12.8. The lowest BCUT2D eigenvalue weighted by Gasteiger charge is -2.34. The van der Waals surface area contributed by atoms with E-state index in [4.69, 9.17) is 0 Å². The van der Waals surface area contributed by atoms with E-state index < -0.39 is 10.0 Å². The number of benzene rings is 2. The first-order chi connectivity index (χ1) is 13.8. The van der Waals surface area contributed by atoms with Gasteiger partial charge < -0.3 is 10.2 Å². The number of carbonyl (C=O) groups is 1. The summed E-state index contributed by atoms with van der Waals surface area (Å²) in [5.74, 6) is 0.406. The number of hydrogen-bond acceptors (Lipinski definition) is 3. The first-order valence-electron chi connectivity index (χ1n) is 10.1. The molecule has 1 amide bonds. The fraction of sp³-hybridized carbons (Fsp3) is 0.409. The minimum Gasteiger partial charge on any atom is -0.323 e. The molecule has 3 rings (SSSR count). The molecule has 0 aromatic heterocycles. The second-order valence-electron chi connectivity index (χ2n) is 7.86. The predicted molar refractivity (Wildman–Crippen MR) is 115 cm³/mol. The highest BCUT2D eigenvalue weighted by Gasteiger charge is 2.34. The van der Waals surface area contributed by atoms with Crippen LogP contribution in [0.5, 0.6) is 0 Å². The van der Waals surface area contributed by atoms with Crippen LogP contribution < -0.4 is 10.2 Å². The standard InChI is InChI=1S/C22H29N3O3S/c1-17(2)19-9-11-20(12-10-19)23-22(26)18(3)24-13-15-25(16-14-24)29(27,28)21-7-5-4-6-8-21/h4-12,17-18H,13-16H2,1-3H3,(H,23,26)/p+1/t18-/m0/s1. The van der Waals surface area contributed by atoms with Crippen LogP contribution in [0.15, 0.2) is 59.5 Å². The van der Waals surface area contributed by atoms with Crippen LogP contribution in [-0.2, 0) is 14.8 Å². The van der Waals surface area contributed by atoms with Crippen LogP contribution in [0, 0.1) is 0 Å². The van der Waals surface area contributed by atoms with E-state index in [0.29, 0.717) is 37.0 Å². The molecule has 0 radical (unpaired) electrons. The van der Waals surface area contributed by atoms with Crippen LogP contribution >= 0.6 is 0 Å². The maximum absolute atomic E-state index is 12.8. The Morgan fingerprint density at radius 3 is 2.10 bits per heavy atom. The molecule has 1 aliphatic heterocycles. The number of carbonyl (C=O) groups excluding carboxylic acids is 1. The van der Waals surface area contributed by atoms with Crippen LogP contribution in [0.2, 0.25) is 0 Å². The molecule has 1 aliphatic rings. The van der Waals surface area contributed by atoms with Crippen molar-refractivity contribution in [1.82, 2.24) is 4.31 Å². The minimum absolute atomic E-state index is 0.0448. The molecule has 6 nitrogen and oxygen atoms in total. The number of piperazine rings is 1. The van der Waals surface area contributed by atoms with Crippen molar-refractivity contribution in [3.05, 3.63) is 60.2 Å². The van der Waals surface area contributed by atoms with Gasteiger partial charge in [0.25, 0.3) is 5.91 Å². The fourth-order valence-corrected chi connectivity index (χ4v) is 5.04.